The molecule has 1 aliphatic rings. The van der Waals surface area contributed by atoms with E-state index in [4.69, 9.17) is 20.5 Å². The number of likely N-dealkylation sites (tertiary alicyclic amines) is 1. The SMILES string of the molecule is S.[2H]C([2H])([2H])N1CCC(NC(=O)c2cc(-n3ncc4cc(Oc5ccccc5Cl)ccc43)cs2)C1. The maximum absolute atomic E-state index is 12.7. The molecule has 1 N–H and O–H groups in total. The molecule has 2 aromatic carbocycles. The molecule has 1 saturated heterocycles. The zero-order valence-electron chi connectivity index (χ0n) is 19.9. The van der Waals surface area contributed by atoms with E-state index in [0.717, 1.165) is 16.6 Å². The van der Waals surface area contributed by atoms with Gasteiger partial charge in [0.05, 0.1) is 27.3 Å². The standard InChI is InChI=1S/C23H21ClN4O2S.H2S/c1-27-9-8-16(13-27)26-23(29)22-11-17(14-31-22)28-20-7-6-18(10-15(20)12-25-28)30-21-5-3-2-4-19(21)24;/h2-7,10-12,14,16H,8-9,13H2,1H3,(H,26,29);1H2/i1D3;. The van der Waals surface area contributed by atoms with Gasteiger partial charge in [0.2, 0.25) is 0 Å². The average Bonchev–Trinajstić information content (AvgIpc) is 3.54. The van der Waals surface area contributed by atoms with Crippen LogP contribution >= 0.6 is 36.4 Å². The summed E-state index contributed by atoms with van der Waals surface area (Å²) < 4.78 is 30.2. The zero-order valence-corrected chi connectivity index (χ0v) is 19.5. The van der Waals surface area contributed by atoms with Crippen molar-refractivity contribution in [2.45, 2.75) is 12.5 Å². The largest absolute Gasteiger partial charge is 0.456 e. The minimum absolute atomic E-state index is 0. The first-order valence-electron chi connectivity index (χ1n) is 11.3. The van der Waals surface area contributed by atoms with E-state index in [1.807, 2.05) is 35.7 Å². The lowest BCUT2D eigenvalue weighted by atomic mass is 10.2. The number of hydrogen-bond acceptors (Lipinski definition) is 5. The maximum Gasteiger partial charge on any atom is 0.261 e. The highest BCUT2D eigenvalue weighted by Gasteiger charge is 2.22. The van der Waals surface area contributed by atoms with Gasteiger partial charge in [0.15, 0.2) is 0 Å². The molecule has 0 saturated carbocycles. The van der Waals surface area contributed by atoms with Crippen LogP contribution in [0.25, 0.3) is 16.6 Å². The van der Waals surface area contributed by atoms with Crippen molar-refractivity contribution in [1.82, 2.24) is 20.0 Å². The Morgan fingerprint density at radius 2 is 2.19 bits per heavy atom. The molecule has 1 aliphatic heterocycles. The van der Waals surface area contributed by atoms with E-state index in [2.05, 4.69) is 10.4 Å². The van der Waals surface area contributed by atoms with Gasteiger partial charge in [-0.1, -0.05) is 23.7 Å². The monoisotopic (exact) mass is 489 g/mol. The fourth-order valence-corrected chi connectivity index (χ4v) is 4.57. The average molecular weight is 490 g/mol. The summed E-state index contributed by atoms with van der Waals surface area (Å²) in [5.74, 6) is 1.02. The normalized spacial score (nSPS) is 17.9. The molecule has 2 aromatic heterocycles. The predicted octanol–water partition coefficient (Wildman–Crippen LogP) is 5.08. The first-order chi connectivity index (χ1) is 16.3. The molecule has 1 amide bonds. The molecule has 3 heterocycles. The second-order valence-corrected chi connectivity index (χ2v) is 8.70. The summed E-state index contributed by atoms with van der Waals surface area (Å²) in [4.78, 5) is 14.7. The highest BCUT2D eigenvalue weighted by atomic mass is 35.5. The summed E-state index contributed by atoms with van der Waals surface area (Å²) in [6, 6.07) is 14.5. The lowest BCUT2D eigenvalue weighted by molar-refractivity contribution is 0.0942. The number of carbonyl (C=O) groups is 1. The Balaban J connectivity index is 0.00000289. The highest BCUT2D eigenvalue weighted by Crippen LogP contribution is 2.31. The molecule has 1 unspecified atom stereocenters. The van der Waals surface area contributed by atoms with E-state index in [0.29, 0.717) is 40.9 Å². The number of carbonyl (C=O) groups excluding carboxylic acids is 1. The smallest absolute Gasteiger partial charge is 0.261 e. The summed E-state index contributed by atoms with van der Waals surface area (Å²) in [6.45, 7) is -1.36. The minimum Gasteiger partial charge on any atom is -0.456 e. The number of nitrogens with zero attached hydrogens (tertiary/aromatic N) is 3. The van der Waals surface area contributed by atoms with Gasteiger partial charge in [-0.3, -0.25) is 4.79 Å². The van der Waals surface area contributed by atoms with Crippen molar-refractivity contribution < 1.29 is 13.6 Å². The lowest BCUT2D eigenvalue weighted by Crippen LogP contribution is -2.36. The molecular formula is C23H23ClN4O2S2. The van der Waals surface area contributed by atoms with Crippen molar-refractivity contribution in [3.8, 4) is 17.2 Å². The number of aromatic nitrogens is 2. The van der Waals surface area contributed by atoms with Crippen LogP contribution in [0.1, 0.15) is 20.2 Å². The third kappa shape index (κ3) is 4.63. The number of rotatable bonds is 5. The molecular weight excluding hydrogens is 464 g/mol. The van der Waals surface area contributed by atoms with Crippen LogP contribution < -0.4 is 10.1 Å². The van der Waals surface area contributed by atoms with Crippen LogP contribution in [0.4, 0.5) is 0 Å². The van der Waals surface area contributed by atoms with Crippen LogP contribution in [0.5, 0.6) is 11.5 Å². The molecule has 6 nitrogen and oxygen atoms in total. The van der Waals surface area contributed by atoms with Gasteiger partial charge in [-0.2, -0.15) is 18.6 Å². The van der Waals surface area contributed by atoms with Gasteiger partial charge in [0, 0.05) is 27.5 Å². The van der Waals surface area contributed by atoms with Gasteiger partial charge in [-0.25, -0.2) is 4.68 Å². The van der Waals surface area contributed by atoms with Gasteiger partial charge < -0.3 is 15.0 Å². The Bertz CT molecular complexity index is 1360. The molecule has 32 heavy (non-hydrogen) atoms. The second-order valence-electron chi connectivity index (χ2n) is 7.38. The third-order valence-corrected chi connectivity index (χ3v) is 6.41. The van der Waals surface area contributed by atoms with Crippen molar-refractivity contribution in [3.05, 3.63) is 70.0 Å². The van der Waals surface area contributed by atoms with E-state index >= 15 is 0 Å². The topological polar surface area (TPSA) is 59.4 Å². The first kappa shape index (κ1) is 19.0. The van der Waals surface area contributed by atoms with Crippen molar-refractivity contribution in [2.75, 3.05) is 20.1 Å². The molecule has 4 aromatic rings. The van der Waals surface area contributed by atoms with E-state index in [9.17, 15) is 4.79 Å². The van der Waals surface area contributed by atoms with Crippen molar-refractivity contribution in [3.63, 3.8) is 0 Å². The maximum atomic E-state index is 12.7. The number of nitrogens with one attached hydrogen (secondary N) is 1. The molecule has 166 valence electrons. The summed E-state index contributed by atoms with van der Waals surface area (Å²) in [5, 5.41) is 10.7. The Morgan fingerprint density at radius 3 is 3.00 bits per heavy atom. The minimum atomic E-state index is -2.13. The fourth-order valence-electron chi connectivity index (χ4n) is 3.63. The van der Waals surface area contributed by atoms with Gasteiger partial charge in [0.1, 0.15) is 11.5 Å². The van der Waals surface area contributed by atoms with Crippen LogP contribution in [0, 0.1) is 0 Å². The van der Waals surface area contributed by atoms with Crippen LogP contribution in [0.3, 0.4) is 0 Å². The third-order valence-electron chi connectivity index (χ3n) is 5.18. The number of likely N-dealkylation sites (N-methyl/N-ethyl adjacent to an activating group) is 1. The van der Waals surface area contributed by atoms with Crippen LogP contribution in [0.2, 0.25) is 5.02 Å². The van der Waals surface area contributed by atoms with Gasteiger partial charge in [-0.15, -0.1) is 11.3 Å². The number of benzene rings is 2. The van der Waals surface area contributed by atoms with Gasteiger partial charge >= 0.3 is 0 Å². The number of halogens is 1. The number of amides is 1. The van der Waals surface area contributed by atoms with E-state index in [1.165, 1.54) is 16.2 Å². The number of para-hydroxylation sites is 1. The van der Waals surface area contributed by atoms with Crippen LogP contribution in [-0.4, -0.2) is 46.7 Å². The number of ether oxygens (including phenoxy) is 1. The molecule has 1 atom stereocenters. The Morgan fingerprint density at radius 1 is 1.31 bits per heavy atom. The van der Waals surface area contributed by atoms with Crippen molar-refractivity contribution >= 4 is 53.2 Å². The summed E-state index contributed by atoms with van der Waals surface area (Å²) >= 11 is 7.51. The summed E-state index contributed by atoms with van der Waals surface area (Å²) in [6.07, 6.45) is 2.36. The highest BCUT2D eigenvalue weighted by molar-refractivity contribution is 7.59. The molecule has 0 bridgehead atoms. The van der Waals surface area contributed by atoms with Crippen molar-refractivity contribution in [2.24, 2.45) is 0 Å². The Kier molecular flexibility index (Phi) is 5.66. The quantitative estimate of drug-likeness (QED) is 0.424. The Hall–Kier alpha value is -2.52. The molecule has 0 aliphatic carbocycles. The molecule has 1 fully saturated rings. The van der Waals surface area contributed by atoms with Gasteiger partial charge in [0.25, 0.3) is 5.91 Å². The Labute approximate surface area is 206 Å². The lowest BCUT2D eigenvalue weighted by Gasteiger charge is -2.11. The van der Waals surface area contributed by atoms with E-state index in [1.54, 1.807) is 29.1 Å². The predicted molar refractivity (Wildman–Crippen MR) is 134 cm³/mol. The molecule has 5 rings (SSSR count). The van der Waals surface area contributed by atoms with Crippen LogP contribution in [-0.2, 0) is 0 Å². The summed E-state index contributed by atoms with van der Waals surface area (Å²) in [7, 11) is 0. The zero-order chi connectivity index (χ0) is 23.9. The summed E-state index contributed by atoms with van der Waals surface area (Å²) in [5.41, 5.74) is 1.65. The fraction of sp³-hybridized carbons (Fsp3) is 0.217. The first-order valence-corrected chi connectivity index (χ1v) is 11.1. The molecule has 0 spiro atoms. The molecule has 0 radical (unpaired) electrons. The number of hydrogen-bond donors (Lipinski definition) is 1. The number of thiophene rings is 1. The second kappa shape index (κ2) is 9.54. The number of fused-ring (bicyclic) bond motifs is 1. The van der Waals surface area contributed by atoms with Gasteiger partial charge in [-0.05, 0) is 56.3 Å². The van der Waals surface area contributed by atoms with E-state index < -0.39 is 6.98 Å². The van der Waals surface area contributed by atoms with Crippen LogP contribution in [0.15, 0.2) is 60.1 Å². The molecule has 9 heteroatoms. The van der Waals surface area contributed by atoms with Crippen molar-refractivity contribution in [1.29, 1.82) is 0 Å². The van der Waals surface area contributed by atoms with E-state index in [-0.39, 0.29) is 25.4 Å².